The zero-order chi connectivity index (χ0) is 15.6. The first-order valence-electron chi connectivity index (χ1n) is 6.56. The molecule has 1 aromatic carbocycles. The van der Waals surface area contributed by atoms with E-state index in [0.29, 0.717) is 28.6 Å². The van der Waals surface area contributed by atoms with Crippen LogP contribution in [0.1, 0.15) is 18.4 Å². The Balaban J connectivity index is 2.08. The van der Waals surface area contributed by atoms with Gasteiger partial charge in [-0.1, -0.05) is 29.3 Å². The monoisotopic (exact) mass is 330 g/mol. The Morgan fingerprint density at radius 2 is 2.10 bits per heavy atom. The fraction of sp³-hybridized carbons (Fsp3) is 0.429. The van der Waals surface area contributed by atoms with Crippen molar-refractivity contribution in [2.24, 2.45) is 5.73 Å². The van der Waals surface area contributed by atoms with E-state index < -0.39 is 11.5 Å². The number of β-amino-alcohol motifs (C(OH)–C–C–N with tert-alkyl or cyclic N) is 1. The van der Waals surface area contributed by atoms with E-state index >= 15 is 0 Å². The third-order valence-corrected chi connectivity index (χ3v) is 4.23. The van der Waals surface area contributed by atoms with Crippen molar-refractivity contribution in [3.8, 4) is 0 Å². The average Bonchev–Trinajstić information content (AvgIpc) is 2.41. The maximum absolute atomic E-state index is 12.3. The molecule has 1 aromatic rings. The highest BCUT2D eigenvalue weighted by molar-refractivity contribution is 6.35. The zero-order valence-electron chi connectivity index (χ0n) is 11.3. The first kappa shape index (κ1) is 16.1. The topological polar surface area (TPSA) is 83.6 Å². The summed E-state index contributed by atoms with van der Waals surface area (Å²) in [7, 11) is 0. The summed E-state index contributed by atoms with van der Waals surface area (Å²) < 4.78 is 0. The van der Waals surface area contributed by atoms with Crippen LogP contribution in [-0.4, -0.2) is 40.5 Å². The van der Waals surface area contributed by atoms with Gasteiger partial charge in [0.15, 0.2) is 5.60 Å². The molecule has 0 radical (unpaired) electrons. The normalized spacial score (nSPS) is 22.1. The van der Waals surface area contributed by atoms with Gasteiger partial charge in [-0.25, -0.2) is 0 Å². The molecule has 0 aliphatic carbocycles. The number of hydrogen-bond donors (Lipinski definition) is 2. The van der Waals surface area contributed by atoms with Crippen LogP contribution >= 0.6 is 23.2 Å². The van der Waals surface area contributed by atoms with Crippen LogP contribution in [0.2, 0.25) is 10.0 Å². The van der Waals surface area contributed by atoms with Gasteiger partial charge in [0.1, 0.15) is 0 Å². The number of carbonyl (C=O) groups is 2. The number of primary amides is 1. The predicted octanol–water partition coefficient (Wildman–Crippen LogP) is 1.37. The number of aliphatic hydroxyl groups is 1. The third-order valence-electron chi connectivity index (χ3n) is 3.64. The van der Waals surface area contributed by atoms with E-state index in [1.54, 1.807) is 18.2 Å². The minimum Gasteiger partial charge on any atom is -0.378 e. The first-order valence-corrected chi connectivity index (χ1v) is 7.31. The van der Waals surface area contributed by atoms with E-state index in [4.69, 9.17) is 28.9 Å². The minimum absolute atomic E-state index is 0.0770. The molecule has 1 atom stereocenters. The predicted molar refractivity (Wildman–Crippen MR) is 80.1 cm³/mol. The van der Waals surface area contributed by atoms with Crippen LogP contribution in [0.5, 0.6) is 0 Å². The second-order valence-electron chi connectivity index (χ2n) is 5.23. The molecule has 5 nitrogen and oxygen atoms in total. The van der Waals surface area contributed by atoms with Crippen molar-refractivity contribution in [2.75, 3.05) is 13.1 Å². The third kappa shape index (κ3) is 3.67. The van der Waals surface area contributed by atoms with Crippen molar-refractivity contribution >= 4 is 35.0 Å². The van der Waals surface area contributed by atoms with Crippen molar-refractivity contribution in [1.29, 1.82) is 0 Å². The molecule has 1 fully saturated rings. The summed E-state index contributed by atoms with van der Waals surface area (Å²) in [6.07, 6.45) is 0.887. The van der Waals surface area contributed by atoms with Gasteiger partial charge in [0, 0.05) is 16.6 Å². The molecule has 2 amide bonds. The SMILES string of the molecule is NC(=O)[C@@]1(O)CCCN(C(=O)Cc2ccc(Cl)cc2Cl)C1. The van der Waals surface area contributed by atoms with E-state index in [9.17, 15) is 14.7 Å². The average molecular weight is 331 g/mol. The Morgan fingerprint density at radius 1 is 1.38 bits per heavy atom. The standard InChI is InChI=1S/C14H16Cl2N2O3/c15-10-3-2-9(11(16)7-10)6-12(19)18-5-1-4-14(21,8-18)13(17)20/h2-3,7,21H,1,4-6,8H2,(H2,17,20)/t14-/m1/s1. The molecule has 1 saturated heterocycles. The van der Waals surface area contributed by atoms with Gasteiger partial charge in [0.25, 0.3) is 5.91 Å². The molecule has 1 aliphatic heterocycles. The van der Waals surface area contributed by atoms with Crippen LogP contribution in [0.25, 0.3) is 0 Å². The number of halogens is 2. The molecule has 2 rings (SSSR count). The van der Waals surface area contributed by atoms with Gasteiger partial charge in [-0.2, -0.15) is 0 Å². The lowest BCUT2D eigenvalue weighted by Gasteiger charge is -2.37. The largest absolute Gasteiger partial charge is 0.378 e. The summed E-state index contributed by atoms with van der Waals surface area (Å²) >= 11 is 11.9. The number of benzene rings is 1. The summed E-state index contributed by atoms with van der Waals surface area (Å²) in [5.41, 5.74) is 4.21. The molecular weight excluding hydrogens is 315 g/mol. The molecule has 0 saturated carbocycles. The number of amides is 2. The highest BCUT2D eigenvalue weighted by atomic mass is 35.5. The number of nitrogens with zero attached hydrogens (tertiary/aromatic N) is 1. The van der Waals surface area contributed by atoms with Gasteiger partial charge in [-0.15, -0.1) is 0 Å². The van der Waals surface area contributed by atoms with Gasteiger partial charge in [-0.05, 0) is 30.5 Å². The lowest BCUT2D eigenvalue weighted by atomic mass is 9.92. The van der Waals surface area contributed by atoms with Gasteiger partial charge < -0.3 is 15.7 Å². The second kappa shape index (κ2) is 6.22. The van der Waals surface area contributed by atoms with Crippen molar-refractivity contribution in [1.82, 2.24) is 4.90 Å². The second-order valence-corrected chi connectivity index (χ2v) is 6.07. The van der Waals surface area contributed by atoms with Crippen molar-refractivity contribution < 1.29 is 14.7 Å². The zero-order valence-corrected chi connectivity index (χ0v) is 12.8. The quantitative estimate of drug-likeness (QED) is 0.878. The van der Waals surface area contributed by atoms with Crippen molar-refractivity contribution in [3.05, 3.63) is 33.8 Å². The first-order chi connectivity index (χ1) is 9.82. The molecule has 1 aliphatic rings. The van der Waals surface area contributed by atoms with Crippen LogP contribution in [0.3, 0.4) is 0 Å². The Morgan fingerprint density at radius 3 is 2.71 bits per heavy atom. The van der Waals surface area contributed by atoms with Crippen molar-refractivity contribution in [3.63, 3.8) is 0 Å². The van der Waals surface area contributed by atoms with Gasteiger partial charge in [-0.3, -0.25) is 9.59 Å². The smallest absolute Gasteiger partial charge is 0.251 e. The molecule has 1 heterocycles. The summed E-state index contributed by atoms with van der Waals surface area (Å²) in [6.45, 7) is 0.409. The number of likely N-dealkylation sites (tertiary alicyclic amines) is 1. The van der Waals surface area contributed by atoms with E-state index in [1.807, 2.05) is 0 Å². The molecule has 114 valence electrons. The lowest BCUT2D eigenvalue weighted by Crippen LogP contribution is -2.57. The number of hydrogen-bond acceptors (Lipinski definition) is 3. The maximum atomic E-state index is 12.3. The van der Waals surface area contributed by atoms with Crippen LogP contribution in [0.4, 0.5) is 0 Å². The Hall–Kier alpha value is -1.30. The van der Waals surface area contributed by atoms with E-state index in [2.05, 4.69) is 0 Å². The highest BCUT2D eigenvalue weighted by Gasteiger charge is 2.40. The molecule has 0 bridgehead atoms. The summed E-state index contributed by atoms with van der Waals surface area (Å²) in [4.78, 5) is 25.0. The van der Waals surface area contributed by atoms with E-state index in [0.717, 1.165) is 0 Å². The number of rotatable bonds is 3. The number of nitrogens with two attached hydrogens (primary N) is 1. The molecule has 0 spiro atoms. The molecule has 0 unspecified atom stereocenters. The van der Waals surface area contributed by atoms with Crippen LogP contribution in [-0.2, 0) is 16.0 Å². The lowest BCUT2D eigenvalue weighted by molar-refractivity contribution is -0.148. The Bertz CT molecular complexity index is 579. The fourth-order valence-corrected chi connectivity index (χ4v) is 2.87. The van der Waals surface area contributed by atoms with E-state index in [-0.39, 0.29) is 25.3 Å². The Labute approximate surface area is 132 Å². The van der Waals surface area contributed by atoms with Gasteiger partial charge >= 0.3 is 0 Å². The Kier molecular flexibility index (Phi) is 4.76. The minimum atomic E-state index is -1.64. The highest BCUT2D eigenvalue weighted by Crippen LogP contribution is 2.24. The van der Waals surface area contributed by atoms with E-state index in [1.165, 1.54) is 4.90 Å². The molecular formula is C14H16Cl2N2O3. The van der Waals surface area contributed by atoms with Crippen LogP contribution in [0, 0.1) is 0 Å². The summed E-state index contributed by atoms with van der Waals surface area (Å²) in [6, 6.07) is 4.92. The number of piperidine rings is 1. The van der Waals surface area contributed by atoms with Crippen molar-refractivity contribution in [2.45, 2.75) is 24.9 Å². The van der Waals surface area contributed by atoms with Crippen LogP contribution < -0.4 is 5.73 Å². The molecule has 21 heavy (non-hydrogen) atoms. The maximum Gasteiger partial charge on any atom is 0.251 e. The van der Waals surface area contributed by atoms with Gasteiger partial charge in [0.05, 0.1) is 13.0 Å². The summed E-state index contributed by atoms with van der Waals surface area (Å²) in [5.74, 6) is -1.01. The number of carbonyl (C=O) groups excluding carboxylic acids is 2. The summed E-state index contributed by atoms with van der Waals surface area (Å²) in [5, 5.41) is 11.0. The molecule has 3 N–H and O–H groups in total. The van der Waals surface area contributed by atoms with Gasteiger partial charge in [0.2, 0.25) is 5.91 Å². The molecule has 7 heteroatoms. The fourth-order valence-electron chi connectivity index (χ4n) is 2.39. The van der Waals surface area contributed by atoms with Crippen LogP contribution in [0.15, 0.2) is 18.2 Å². The molecule has 0 aromatic heterocycles.